The van der Waals surface area contributed by atoms with Gasteiger partial charge in [-0.2, -0.15) is 16.9 Å². The van der Waals surface area contributed by atoms with E-state index in [4.69, 9.17) is 9.84 Å². The van der Waals surface area contributed by atoms with E-state index in [2.05, 4.69) is 5.10 Å². The van der Waals surface area contributed by atoms with Gasteiger partial charge in [0.1, 0.15) is 6.61 Å². The van der Waals surface area contributed by atoms with Crippen molar-refractivity contribution in [1.29, 1.82) is 0 Å². The van der Waals surface area contributed by atoms with Gasteiger partial charge in [0.05, 0.1) is 18.8 Å². The van der Waals surface area contributed by atoms with Crippen LogP contribution in [-0.2, 0) is 28.4 Å². The van der Waals surface area contributed by atoms with Crippen LogP contribution in [0.4, 0.5) is 0 Å². The van der Waals surface area contributed by atoms with Crippen molar-refractivity contribution in [1.82, 2.24) is 9.78 Å². The SMILES string of the molecule is O=C(O)COCc1cc2n(n1)CCSC2. The first-order valence-corrected chi connectivity index (χ1v) is 5.84. The summed E-state index contributed by atoms with van der Waals surface area (Å²) >= 11 is 1.88. The smallest absolute Gasteiger partial charge is 0.329 e. The largest absolute Gasteiger partial charge is 0.480 e. The molecule has 1 aromatic rings. The van der Waals surface area contributed by atoms with Crippen LogP contribution in [0.1, 0.15) is 11.4 Å². The minimum absolute atomic E-state index is 0.267. The van der Waals surface area contributed by atoms with Crippen LogP contribution in [0, 0.1) is 0 Å². The topological polar surface area (TPSA) is 64.3 Å². The number of carboxylic acids is 1. The van der Waals surface area contributed by atoms with Crippen LogP contribution in [-0.4, -0.2) is 33.2 Å². The van der Waals surface area contributed by atoms with E-state index in [-0.39, 0.29) is 13.2 Å². The van der Waals surface area contributed by atoms with E-state index in [1.54, 1.807) is 0 Å². The first-order chi connectivity index (χ1) is 7.25. The highest BCUT2D eigenvalue weighted by molar-refractivity contribution is 7.98. The van der Waals surface area contributed by atoms with Crippen molar-refractivity contribution in [2.45, 2.75) is 18.9 Å². The number of aryl methyl sites for hydroxylation is 1. The van der Waals surface area contributed by atoms with E-state index in [0.717, 1.165) is 23.7 Å². The van der Waals surface area contributed by atoms with Crippen LogP contribution >= 0.6 is 11.8 Å². The van der Waals surface area contributed by atoms with Crippen molar-refractivity contribution < 1.29 is 14.6 Å². The van der Waals surface area contributed by atoms with Gasteiger partial charge in [-0.3, -0.25) is 4.68 Å². The number of aliphatic carboxylic acids is 1. The number of nitrogens with zero attached hydrogens (tertiary/aromatic N) is 2. The molecule has 1 aliphatic rings. The van der Waals surface area contributed by atoms with Gasteiger partial charge < -0.3 is 9.84 Å². The molecule has 2 heterocycles. The molecule has 0 bridgehead atoms. The molecule has 6 heteroatoms. The fourth-order valence-electron chi connectivity index (χ4n) is 1.47. The summed E-state index contributed by atoms with van der Waals surface area (Å²) in [7, 11) is 0. The number of aromatic nitrogens is 2. The summed E-state index contributed by atoms with van der Waals surface area (Å²) < 4.78 is 6.94. The number of thioether (sulfide) groups is 1. The van der Waals surface area contributed by atoms with Crippen LogP contribution < -0.4 is 0 Å². The van der Waals surface area contributed by atoms with Gasteiger partial charge in [-0.15, -0.1) is 0 Å². The molecule has 15 heavy (non-hydrogen) atoms. The van der Waals surface area contributed by atoms with Gasteiger partial charge in [0.25, 0.3) is 0 Å². The Morgan fingerprint density at radius 1 is 1.73 bits per heavy atom. The molecule has 0 atom stereocenters. The summed E-state index contributed by atoms with van der Waals surface area (Å²) in [5.74, 6) is 1.12. The minimum Gasteiger partial charge on any atom is -0.480 e. The summed E-state index contributed by atoms with van der Waals surface area (Å²) in [6, 6.07) is 1.98. The number of hydrogen-bond acceptors (Lipinski definition) is 4. The molecule has 0 aromatic carbocycles. The second-order valence-corrected chi connectivity index (χ2v) is 4.39. The number of carbonyl (C=O) groups is 1. The Morgan fingerprint density at radius 2 is 2.60 bits per heavy atom. The van der Waals surface area contributed by atoms with Gasteiger partial charge in [0.15, 0.2) is 0 Å². The molecule has 0 spiro atoms. The normalized spacial score (nSPS) is 14.9. The maximum absolute atomic E-state index is 10.2. The van der Waals surface area contributed by atoms with Crippen molar-refractivity contribution in [3.05, 3.63) is 17.5 Å². The molecule has 82 valence electrons. The number of rotatable bonds is 4. The maximum Gasteiger partial charge on any atom is 0.329 e. The molecule has 0 fully saturated rings. The number of hydrogen-bond donors (Lipinski definition) is 1. The predicted molar refractivity (Wildman–Crippen MR) is 55.7 cm³/mol. The van der Waals surface area contributed by atoms with Gasteiger partial charge in [-0.1, -0.05) is 0 Å². The minimum atomic E-state index is -0.950. The van der Waals surface area contributed by atoms with Gasteiger partial charge in [-0.05, 0) is 6.07 Å². The standard InChI is InChI=1S/C9H12N2O3S/c12-9(13)5-14-4-7-3-8-6-15-2-1-11(8)10-7/h3H,1-2,4-6H2,(H,12,13). The van der Waals surface area contributed by atoms with E-state index >= 15 is 0 Å². The first kappa shape index (κ1) is 10.5. The molecular formula is C9H12N2O3S. The second kappa shape index (κ2) is 4.67. The van der Waals surface area contributed by atoms with Gasteiger partial charge in [0.2, 0.25) is 0 Å². The lowest BCUT2D eigenvalue weighted by molar-refractivity contribution is -0.142. The highest BCUT2D eigenvalue weighted by Gasteiger charge is 2.12. The lowest BCUT2D eigenvalue weighted by Crippen LogP contribution is -2.11. The molecule has 0 amide bonds. The Hall–Kier alpha value is -1.01. The molecule has 5 nitrogen and oxygen atoms in total. The third-order valence-electron chi connectivity index (χ3n) is 2.09. The van der Waals surface area contributed by atoms with Crippen molar-refractivity contribution in [2.24, 2.45) is 0 Å². The molecule has 0 aliphatic carbocycles. The van der Waals surface area contributed by atoms with Crippen molar-refractivity contribution in [3.63, 3.8) is 0 Å². The van der Waals surface area contributed by atoms with Crippen molar-refractivity contribution in [3.8, 4) is 0 Å². The van der Waals surface area contributed by atoms with E-state index in [0.29, 0.717) is 0 Å². The maximum atomic E-state index is 10.2. The zero-order chi connectivity index (χ0) is 10.7. The molecule has 1 aliphatic heterocycles. The van der Waals surface area contributed by atoms with Gasteiger partial charge in [0, 0.05) is 17.2 Å². The van der Waals surface area contributed by atoms with E-state index in [9.17, 15) is 4.79 Å². The average Bonchev–Trinajstić information content (AvgIpc) is 2.59. The fourth-order valence-corrected chi connectivity index (χ4v) is 2.35. The Morgan fingerprint density at radius 3 is 3.33 bits per heavy atom. The second-order valence-electron chi connectivity index (χ2n) is 3.29. The van der Waals surface area contributed by atoms with Crippen LogP contribution in [0.15, 0.2) is 6.07 Å². The van der Waals surface area contributed by atoms with Crippen molar-refractivity contribution >= 4 is 17.7 Å². The summed E-state index contributed by atoms with van der Waals surface area (Å²) in [5.41, 5.74) is 2.01. The summed E-state index contributed by atoms with van der Waals surface area (Å²) in [5, 5.41) is 12.7. The van der Waals surface area contributed by atoms with E-state index in [1.165, 1.54) is 5.69 Å². The zero-order valence-corrected chi connectivity index (χ0v) is 9.00. The quantitative estimate of drug-likeness (QED) is 0.823. The molecule has 1 aromatic heterocycles. The lowest BCUT2D eigenvalue weighted by atomic mass is 10.4. The Bertz CT molecular complexity index is 341. The lowest BCUT2D eigenvalue weighted by Gasteiger charge is -2.11. The molecule has 2 rings (SSSR count). The molecular weight excluding hydrogens is 216 g/mol. The predicted octanol–water partition coefficient (Wildman–Crippen LogP) is 0.731. The monoisotopic (exact) mass is 228 g/mol. The third kappa shape index (κ3) is 2.73. The number of fused-ring (bicyclic) bond motifs is 1. The molecule has 1 N–H and O–H groups in total. The Labute approximate surface area is 91.4 Å². The van der Waals surface area contributed by atoms with Gasteiger partial charge >= 0.3 is 5.97 Å². The van der Waals surface area contributed by atoms with Crippen LogP contribution in [0.2, 0.25) is 0 Å². The molecule has 0 unspecified atom stereocenters. The molecule has 0 saturated carbocycles. The van der Waals surface area contributed by atoms with Crippen LogP contribution in [0.5, 0.6) is 0 Å². The number of ether oxygens (including phenoxy) is 1. The highest BCUT2D eigenvalue weighted by Crippen LogP contribution is 2.19. The van der Waals surface area contributed by atoms with Crippen molar-refractivity contribution in [2.75, 3.05) is 12.4 Å². The zero-order valence-electron chi connectivity index (χ0n) is 8.18. The average molecular weight is 228 g/mol. The Balaban J connectivity index is 1.92. The highest BCUT2D eigenvalue weighted by atomic mass is 32.2. The van der Waals surface area contributed by atoms with E-state index in [1.807, 2.05) is 22.5 Å². The number of carboxylic acid groups (broad SMARTS) is 1. The summed E-state index contributed by atoms with van der Waals surface area (Å²) in [6.45, 7) is 0.937. The molecule has 0 radical (unpaired) electrons. The molecule has 0 saturated heterocycles. The van der Waals surface area contributed by atoms with Crippen LogP contribution in [0.25, 0.3) is 0 Å². The summed E-state index contributed by atoms with van der Waals surface area (Å²) in [6.07, 6.45) is 0. The third-order valence-corrected chi connectivity index (χ3v) is 3.06. The fraction of sp³-hybridized carbons (Fsp3) is 0.556. The van der Waals surface area contributed by atoms with E-state index < -0.39 is 5.97 Å². The summed E-state index contributed by atoms with van der Waals surface area (Å²) in [4.78, 5) is 10.2. The Kier molecular flexibility index (Phi) is 3.27. The van der Waals surface area contributed by atoms with Gasteiger partial charge in [-0.25, -0.2) is 4.79 Å². The van der Waals surface area contributed by atoms with Crippen LogP contribution in [0.3, 0.4) is 0 Å². The first-order valence-electron chi connectivity index (χ1n) is 4.68.